The molecule has 2 aromatic carbocycles. The normalized spacial score (nSPS) is 25.3. The molecule has 0 amide bonds. The Morgan fingerprint density at radius 2 is 1.39 bits per heavy atom. The Morgan fingerprint density at radius 3 is 1.94 bits per heavy atom. The van der Waals surface area contributed by atoms with E-state index in [4.69, 9.17) is 16.3 Å². The zero-order chi connectivity index (χ0) is 24.0. The summed E-state index contributed by atoms with van der Waals surface area (Å²) in [4.78, 5) is 0. The Hall–Kier alpha value is -0.336. The summed E-state index contributed by atoms with van der Waals surface area (Å²) in [6.07, 6.45) is 7.50. The highest BCUT2D eigenvalue weighted by atomic mass is 32.5. The molecule has 2 fully saturated rings. The van der Waals surface area contributed by atoms with Crippen LogP contribution in [0.1, 0.15) is 44.3 Å². The Kier molecular flexibility index (Phi) is 7.50. The minimum absolute atomic E-state index is 0.0182. The molecule has 7 heteroatoms. The van der Waals surface area contributed by atoms with E-state index in [2.05, 4.69) is 98.0 Å². The van der Waals surface area contributed by atoms with Crippen molar-refractivity contribution in [2.24, 2.45) is 0 Å². The van der Waals surface area contributed by atoms with E-state index in [-0.39, 0.29) is 6.10 Å². The van der Waals surface area contributed by atoms with Gasteiger partial charge in [-0.05, 0) is 47.9 Å². The van der Waals surface area contributed by atoms with Gasteiger partial charge >= 0.3 is 0 Å². The second-order valence-corrected chi connectivity index (χ2v) is 27.1. The van der Waals surface area contributed by atoms with Gasteiger partial charge in [-0.3, -0.25) is 0 Å². The maximum absolute atomic E-state index is 7.22. The van der Waals surface area contributed by atoms with Crippen molar-refractivity contribution >= 4 is 45.3 Å². The van der Waals surface area contributed by atoms with E-state index in [1.54, 1.807) is 0 Å². The van der Waals surface area contributed by atoms with Crippen LogP contribution in [0.5, 0.6) is 0 Å². The molecule has 0 bridgehead atoms. The number of benzene rings is 2. The highest BCUT2D eigenvalue weighted by Gasteiger charge is 2.55. The minimum Gasteiger partial charge on any atom is -0.319 e. The van der Waals surface area contributed by atoms with Crippen molar-refractivity contribution in [2.45, 2.75) is 90.1 Å². The summed E-state index contributed by atoms with van der Waals surface area (Å²) in [6, 6.07) is 16.4. The molecule has 1 heterocycles. The number of nitrogens with zero attached hydrogens (tertiary/aromatic N) is 2. The van der Waals surface area contributed by atoms with Crippen LogP contribution in [0.3, 0.4) is 0 Å². The first-order chi connectivity index (χ1) is 15.4. The average Bonchev–Trinajstić information content (AvgIpc) is 2.93. The lowest BCUT2D eigenvalue weighted by atomic mass is 9.90. The number of hydrogen-bond donors (Lipinski definition) is 0. The van der Waals surface area contributed by atoms with Gasteiger partial charge in [0.25, 0.3) is 0 Å². The standard InChI is InChI=1S/C26H43N2OPSSi2/c1-21(23-16-12-14-22-13-8-9-15-24(22)23)29-30(31)27(19-32(2,3)4)25-17-10-11-18-26(25)28(30)20-33(5,6)7/h8-9,12-16,21,25-26H,10-11,17-20H2,1-7H3/t21-,25-,26-/m1/s1. The molecule has 0 radical (unpaired) electrons. The molecule has 0 N–H and O–H groups in total. The summed E-state index contributed by atoms with van der Waals surface area (Å²) in [5.41, 5.74) is 1.27. The Morgan fingerprint density at radius 1 is 0.879 bits per heavy atom. The first-order valence-corrected chi connectivity index (χ1v) is 22.7. The van der Waals surface area contributed by atoms with Crippen molar-refractivity contribution < 1.29 is 4.52 Å². The largest absolute Gasteiger partial charge is 0.319 e. The number of fused-ring (bicyclic) bond motifs is 2. The first-order valence-electron chi connectivity index (χ1n) is 12.7. The van der Waals surface area contributed by atoms with Crippen LogP contribution in [0, 0.1) is 0 Å². The molecule has 4 rings (SSSR count). The summed E-state index contributed by atoms with van der Waals surface area (Å²) in [6.45, 7) is 14.8. The van der Waals surface area contributed by atoms with Crippen molar-refractivity contribution in [3.63, 3.8) is 0 Å². The van der Waals surface area contributed by atoms with Gasteiger partial charge in [0.1, 0.15) is 0 Å². The Bertz CT molecular complexity index is 994. The second kappa shape index (κ2) is 9.61. The zero-order valence-corrected chi connectivity index (χ0v) is 25.4. The Balaban J connectivity index is 1.76. The smallest absolute Gasteiger partial charge is 0.204 e. The summed E-state index contributed by atoms with van der Waals surface area (Å²) in [5.74, 6) is 0. The van der Waals surface area contributed by atoms with E-state index >= 15 is 0 Å². The zero-order valence-electron chi connectivity index (χ0n) is 21.7. The Labute approximate surface area is 209 Å². The van der Waals surface area contributed by atoms with Gasteiger partial charge in [-0.1, -0.05) is 94.6 Å². The lowest BCUT2D eigenvalue weighted by Gasteiger charge is -2.40. The van der Waals surface area contributed by atoms with Gasteiger partial charge in [0.05, 0.1) is 22.3 Å². The van der Waals surface area contributed by atoms with Gasteiger partial charge in [0.2, 0.25) is 6.57 Å². The highest BCUT2D eigenvalue weighted by molar-refractivity contribution is 8.10. The summed E-state index contributed by atoms with van der Waals surface area (Å²) < 4.78 is 12.7. The van der Waals surface area contributed by atoms with Crippen LogP contribution >= 0.6 is 6.57 Å². The SMILES string of the molecule is C[C@@H](OP1(=S)N(C[Si](C)(C)C)[C@@H]2CCCC[C@H]2N1C[Si](C)(C)C)c1cccc2ccccc12. The van der Waals surface area contributed by atoms with Crippen LogP contribution in [-0.2, 0) is 16.3 Å². The average molecular weight is 519 g/mol. The lowest BCUT2D eigenvalue weighted by molar-refractivity contribution is 0.219. The third-order valence-electron chi connectivity index (χ3n) is 6.94. The first kappa shape index (κ1) is 25.7. The maximum atomic E-state index is 7.22. The summed E-state index contributed by atoms with van der Waals surface area (Å²) in [7, 11) is -2.72. The number of hydrogen-bond acceptors (Lipinski definition) is 2. The minimum atomic E-state index is -2.32. The van der Waals surface area contributed by atoms with Crippen molar-refractivity contribution in [3.05, 3.63) is 48.0 Å². The van der Waals surface area contributed by atoms with Gasteiger partial charge in [-0.2, -0.15) is 0 Å². The third kappa shape index (κ3) is 5.58. The molecule has 1 aliphatic carbocycles. The molecule has 1 saturated carbocycles. The molecule has 2 aromatic rings. The molecule has 3 atom stereocenters. The van der Waals surface area contributed by atoms with Gasteiger partial charge in [0, 0.05) is 24.4 Å². The van der Waals surface area contributed by atoms with E-state index in [1.807, 2.05) is 0 Å². The molecular weight excluding hydrogens is 476 g/mol. The van der Waals surface area contributed by atoms with Gasteiger partial charge in [0.15, 0.2) is 0 Å². The van der Waals surface area contributed by atoms with E-state index in [0.29, 0.717) is 12.1 Å². The van der Waals surface area contributed by atoms with Crippen LogP contribution in [-0.4, -0.2) is 49.9 Å². The quantitative estimate of drug-likeness (QED) is 0.274. The van der Waals surface area contributed by atoms with E-state index in [0.717, 1.165) is 12.3 Å². The van der Waals surface area contributed by atoms with Crippen LogP contribution in [0.25, 0.3) is 10.8 Å². The highest BCUT2D eigenvalue weighted by Crippen LogP contribution is 2.67. The molecule has 0 aromatic heterocycles. The predicted molar refractivity (Wildman–Crippen MR) is 154 cm³/mol. The predicted octanol–water partition coefficient (Wildman–Crippen LogP) is 7.83. The topological polar surface area (TPSA) is 15.7 Å². The molecule has 0 spiro atoms. The molecule has 1 aliphatic heterocycles. The van der Waals surface area contributed by atoms with E-state index < -0.39 is 22.7 Å². The number of rotatable bonds is 7. The lowest BCUT2D eigenvalue weighted by Crippen LogP contribution is -2.46. The van der Waals surface area contributed by atoms with Crippen LogP contribution in [0.2, 0.25) is 39.3 Å². The van der Waals surface area contributed by atoms with Crippen LogP contribution < -0.4 is 0 Å². The molecule has 3 nitrogen and oxygen atoms in total. The van der Waals surface area contributed by atoms with E-state index in [9.17, 15) is 0 Å². The van der Waals surface area contributed by atoms with Crippen molar-refractivity contribution in [2.75, 3.05) is 12.3 Å². The fourth-order valence-electron chi connectivity index (χ4n) is 5.68. The van der Waals surface area contributed by atoms with Gasteiger partial charge < -0.3 is 4.52 Å². The van der Waals surface area contributed by atoms with Crippen LogP contribution in [0.15, 0.2) is 42.5 Å². The molecule has 182 valence electrons. The fourth-order valence-corrected chi connectivity index (χ4v) is 16.6. The van der Waals surface area contributed by atoms with Crippen LogP contribution in [0.4, 0.5) is 0 Å². The molecule has 33 heavy (non-hydrogen) atoms. The molecule has 2 aliphatic rings. The van der Waals surface area contributed by atoms with Gasteiger partial charge in [-0.15, -0.1) is 0 Å². The van der Waals surface area contributed by atoms with Gasteiger partial charge in [-0.25, -0.2) is 9.34 Å². The van der Waals surface area contributed by atoms with Crippen molar-refractivity contribution in [3.8, 4) is 0 Å². The second-order valence-electron chi connectivity index (χ2n) is 12.5. The maximum Gasteiger partial charge on any atom is 0.204 e. The van der Waals surface area contributed by atoms with E-state index in [1.165, 1.54) is 42.0 Å². The summed E-state index contributed by atoms with van der Waals surface area (Å²) >= 11 is 6.74. The molecule has 0 unspecified atom stereocenters. The fraction of sp³-hybridized carbons (Fsp3) is 0.615. The monoisotopic (exact) mass is 518 g/mol. The van der Waals surface area contributed by atoms with Crippen molar-refractivity contribution in [1.29, 1.82) is 0 Å². The van der Waals surface area contributed by atoms with Crippen molar-refractivity contribution in [1.82, 2.24) is 9.34 Å². The molecular formula is C26H43N2OPSSi2. The molecule has 1 saturated heterocycles. The third-order valence-corrected chi connectivity index (χ3v) is 14.3. The summed E-state index contributed by atoms with van der Waals surface area (Å²) in [5, 5.41) is 2.57.